The van der Waals surface area contributed by atoms with Crippen LogP contribution in [0.15, 0.2) is 0 Å². The zero-order chi connectivity index (χ0) is 10.4. The van der Waals surface area contributed by atoms with Crippen LogP contribution >= 0.6 is 0 Å². The maximum Gasteiger partial charge on any atom is 0.0622 e. The summed E-state index contributed by atoms with van der Waals surface area (Å²) in [5, 5.41) is 3.58. The van der Waals surface area contributed by atoms with Gasteiger partial charge >= 0.3 is 0 Å². The van der Waals surface area contributed by atoms with Gasteiger partial charge in [0.15, 0.2) is 0 Å². The van der Waals surface area contributed by atoms with Crippen molar-refractivity contribution in [2.24, 2.45) is 11.8 Å². The molecule has 0 spiro atoms. The van der Waals surface area contributed by atoms with Crippen LogP contribution in [0.2, 0.25) is 0 Å². The number of nitrogens with one attached hydrogen (secondary N) is 1. The maximum atomic E-state index is 5.69. The summed E-state index contributed by atoms with van der Waals surface area (Å²) >= 11 is 0. The van der Waals surface area contributed by atoms with Crippen LogP contribution < -0.4 is 5.32 Å². The lowest BCUT2D eigenvalue weighted by Crippen LogP contribution is -2.36. The van der Waals surface area contributed by atoms with Crippen LogP contribution in [0.4, 0.5) is 0 Å². The smallest absolute Gasteiger partial charge is 0.0622 e. The molecule has 1 unspecified atom stereocenters. The van der Waals surface area contributed by atoms with E-state index in [-0.39, 0.29) is 0 Å². The fourth-order valence-corrected chi connectivity index (χ4v) is 1.62. The van der Waals surface area contributed by atoms with Crippen molar-refractivity contribution in [2.75, 3.05) is 19.8 Å². The van der Waals surface area contributed by atoms with Crippen LogP contribution in [-0.4, -0.2) is 25.8 Å². The SMILES string of the molecule is CCCNC(COCC(C)C)C1CC1. The molecule has 0 amide bonds. The summed E-state index contributed by atoms with van der Waals surface area (Å²) in [7, 11) is 0. The summed E-state index contributed by atoms with van der Waals surface area (Å²) in [6.45, 7) is 9.55. The van der Waals surface area contributed by atoms with Gasteiger partial charge in [0.25, 0.3) is 0 Å². The first-order chi connectivity index (χ1) is 6.74. The lowest BCUT2D eigenvalue weighted by Gasteiger charge is -2.18. The molecule has 1 atom stereocenters. The topological polar surface area (TPSA) is 21.3 Å². The van der Waals surface area contributed by atoms with Crippen LogP contribution in [-0.2, 0) is 4.74 Å². The molecule has 1 saturated carbocycles. The Balaban J connectivity index is 2.08. The minimum Gasteiger partial charge on any atom is -0.380 e. The van der Waals surface area contributed by atoms with Crippen molar-refractivity contribution in [3.05, 3.63) is 0 Å². The predicted octanol–water partition coefficient (Wildman–Crippen LogP) is 2.44. The molecular formula is C12H25NO. The molecule has 0 aliphatic heterocycles. The molecule has 0 aromatic rings. The van der Waals surface area contributed by atoms with Crippen LogP contribution in [0.5, 0.6) is 0 Å². The molecule has 0 bridgehead atoms. The third-order valence-corrected chi connectivity index (χ3v) is 2.60. The Morgan fingerprint density at radius 2 is 2.00 bits per heavy atom. The molecule has 1 rings (SSSR count). The molecule has 0 aromatic carbocycles. The molecule has 1 fully saturated rings. The molecule has 0 heterocycles. The van der Waals surface area contributed by atoms with E-state index in [9.17, 15) is 0 Å². The van der Waals surface area contributed by atoms with Crippen LogP contribution in [0.25, 0.3) is 0 Å². The number of hydrogen-bond donors (Lipinski definition) is 1. The van der Waals surface area contributed by atoms with Gasteiger partial charge in [-0.15, -0.1) is 0 Å². The van der Waals surface area contributed by atoms with E-state index in [1.165, 1.54) is 19.3 Å². The Labute approximate surface area is 88.4 Å². The van der Waals surface area contributed by atoms with Gasteiger partial charge in [0, 0.05) is 12.6 Å². The van der Waals surface area contributed by atoms with Gasteiger partial charge in [0.2, 0.25) is 0 Å². The summed E-state index contributed by atoms with van der Waals surface area (Å²) in [4.78, 5) is 0. The van der Waals surface area contributed by atoms with E-state index < -0.39 is 0 Å². The van der Waals surface area contributed by atoms with Crippen molar-refractivity contribution < 1.29 is 4.74 Å². The number of ether oxygens (including phenoxy) is 1. The predicted molar refractivity (Wildman–Crippen MR) is 60.5 cm³/mol. The van der Waals surface area contributed by atoms with E-state index in [0.717, 1.165) is 25.7 Å². The van der Waals surface area contributed by atoms with E-state index in [4.69, 9.17) is 4.74 Å². The average molecular weight is 199 g/mol. The third kappa shape index (κ3) is 4.97. The van der Waals surface area contributed by atoms with Gasteiger partial charge in [-0.2, -0.15) is 0 Å². The summed E-state index contributed by atoms with van der Waals surface area (Å²) < 4.78 is 5.69. The van der Waals surface area contributed by atoms with E-state index in [2.05, 4.69) is 26.1 Å². The summed E-state index contributed by atoms with van der Waals surface area (Å²) in [5.74, 6) is 1.55. The van der Waals surface area contributed by atoms with Gasteiger partial charge in [0.1, 0.15) is 0 Å². The van der Waals surface area contributed by atoms with E-state index in [1.54, 1.807) is 0 Å². The van der Waals surface area contributed by atoms with Gasteiger partial charge in [-0.25, -0.2) is 0 Å². The van der Waals surface area contributed by atoms with Crippen molar-refractivity contribution in [3.63, 3.8) is 0 Å². The Kier molecular flexibility index (Phi) is 5.49. The highest BCUT2D eigenvalue weighted by atomic mass is 16.5. The largest absolute Gasteiger partial charge is 0.380 e. The highest BCUT2D eigenvalue weighted by Crippen LogP contribution is 2.32. The lowest BCUT2D eigenvalue weighted by molar-refractivity contribution is 0.0851. The van der Waals surface area contributed by atoms with Gasteiger partial charge in [-0.3, -0.25) is 0 Å². The first-order valence-electron chi connectivity index (χ1n) is 6.05. The molecule has 0 radical (unpaired) electrons. The fourth-order valence-electron chi connectivity index (χ4n) is 1.62. The number of hydrogen-bond acceptors (Lipinski definition) is 2. The van der Waals surface area contributed by atoms with Gasteiger partial charge in [-0.1, -0.05) is 20.8 Å². The second-order valence-electron chi connectivity index (χ2n) is 4.83. The standard InChI is InChI=1S/C12H25NO/c1-4-7-13-12(11-5-6-11)9-14-8-10(2)3/h10-13H,4-9H2,1-3H3. The average Bonchev–Trinajstić information content (AvgIpc) is 2.93. The van der Waals surface area contributed by atoms with Crippen molar-refractivity contribution in [1.29, 1.82) is 0 Å². The molecule has 1 N–H and O–H groups in total. The maximum absolute atomic E-state index is 5.69. The first kappa shape index (κ1) is 12.0. The Hall–Kier alpha value is -0.0800. The summed E-state index contributed by atoms with van der Waals surface area (Å²) in [6, 6.07) is 0.619. The monoisotopic (exact) mass is 199 g/mol. The zero-order valence-electron chi connectivity index (χ0n) is 9.88. The van der Waals surface area contributed by atoms with E-state index in [1.807, 2.05) is 0 Å². The van der Waals surface area contributed by atoms with Crippen LogP contribution in [0.3, 0.4) is 0 Å². The fraction of sp³-hybridized carbons (Fsp3) is 1.00. The van der Waals surface area contributed by atoms with E-state index >= 15 is 0 Å². The molecule has 14 heavy (non-hydrogen) atoms. The molecule has 2 heteroatoms. The summed E-state index contributed by atoms with van der Waals surface area (Å²) in [6.07, 6.45) is 4.01. The Bertz CT molecular complexity index is 143. The second-order valence-corrected chi connectivity index (χ2v) is 4.83. The minimum absolute atomic E-state index is 0.619. The van der Waals surface area contributed by atoms with Crippen molar-refractivity contribution >= 4 is 0 Å². The minimum atomic E-state index is 0.619. The van der Waals surface area contributed by atoms with Gasteiger partial charge < -0.3 is 10.1 Å². The highest BCUT2D eigenvalue weighted by Gasteiger charge is 2.30. The molecule has 0 saturated heterocycles. The number of rotatable bonds is 8. The van der Waals surface area contributed by atoms with Crippen LogP contribution in [0.1, 0.15) is 40.0 Å². The van der Waals surface area contributed by atoms with Crippen molar-refractivity contribution in [2.45, 2.75) is 46.1 Å². The molecule has 84 valence electrons. The Morgan fingerprint density at radius 3 is 2.50 bits per heavy atom. The molecule has 1 aliphatic carbocycles. The molecule has 1 aliphatic rings. The van der Waals surface area contributed by atoms with Crippen LogP contribution in [0, 0.1) is 11.8 Å². The molecule has 2 nitrogen and oxygen atoms in total. The second kappa shape index (κ2) is 6.41. The summed E-state index contributed by atoms with van der Waals surface area (Å²) in [5.41, 5.74) is 0. The zero-order valence-corrected chi connectivity index (χ0v) is 9.88. The van der Waals surface area contributed by atoms with Gasteiger partial charge in [-0.05, 0) is 37.6 Å². The highest BCUT2D eigenvalue weighted by molar-refractivity contribution is 4.86. The quantitative estimate of drug-likeness (QED) is 0.648. The Morgan fingerprint density at radius 1 is 1.29 bits per heavy atom. The first-order valence-corrected chi connectivity index (χ1v) is 6.05. The molecular weight excluding hydrogens is 174 g/mol. The normalized spacial score (nSPS) is 18.9. The van der Waals surface area contributed by atoms with Crippen molar-refractivity contribution in [1.82, 2.24) is 5.32 Å². The van der Waals surface area contributed by atoms with Crippen molar-refractivity contribution in [3.8, 4) is 0 Å². The van der Waals surface area contributed by atoms with E-state index in [0.29, 0.717) is 12.0 Å². The third-order valence-electron chi connectivity index (χ3n) is 2.60. The lowest BCUT2D eigenvalue weighted by atomic mass is 10.2. The molecule has 0 aromatic heterocycles. The van der Waals surface area contributed by atoms with Gasteiger partial charge in [0.05, 0.1) is 6.61 Å².